The summed E-state index contributed by atoms with van der Waals surface area (Å²) in [6.07, 6.45) is 0.213. The van der Waals surface area contributed by atoms with Gasteiger partial charge in [-0.25, -0.2) is 4.90 Å². The molecule has 2 aromatic rings. The van der Waals surface area contributed by atoms with E-state index in [1.54, 1.807) is 0 Å². The molecule has 3 rings (SSSR count). The van der Waals surface area contributed by atoms with Gasteiger partial charge in [-0.3, -0.25) is 9.59 Å². The highest BCUT2D eigenvalue weighted by molar-refractivity contribution is 8.00. The minimum Gasteiger partial charge on any atom is -0.274 e. The van der Waals surface area contributed by atoms with Crippen molar-refractivity contribution >= 4 is 40.9 Å². The predicted molar refractivity (Wildman–Crippen MR) is 122 cm³/mol. The third-order valence-corrected chi connectivity index (χ3v) is 7.17. The second-order valence-electron chi connectivity index (χ2n) is 8.95. The molecule has 0 spiro atoms. The third-order valence-electron chi connectivity index (χ3n) is 5.41. The molecule has 2 aromatic carbocycles. The quantitative estimate of drug-likeness (QED) is 0.537. The number of amides is 2. The van der Waals surface area contributed by atoms with Crippen LogP contribution < -0.4 is 4.90 Å². The third kappa shape index (κ3) is 4.24. The lowest BCUT2D eigenvalue weighted by atomic mass is 9.84. The van der Waals surface area contributed by atoms with E-state index >= 15 is 0 Å². The number of hydrogen-bond acceptors (Lipinski definition) is 3. The molecule has 1 atom stereocenters. The van der Waals surface area contributed by atoms with Crippen LogP contribution in [0, 0.1) is 27.7 Å². The molecule has 29 heavy (non-hydrogen) atoms. The van der Waals surface area contributed by atoms with Gasteiger partial charge in [-0.05, 0) is 73.1 Å². The van der Waals surface area contributed by atoms with E-state index in [9.17, 15) is 9.59 Å². The van der Waals surface area contributed by atoms with E-state index in [0.717, 1.165) is 32.8 Å². The number of anilines is 1. The first kappa shape index (κ1) is 21.9. The van der Waals surface area contributed by atoms with Crippen LogP contribution in [0.15, 0.2) is 29.2 Å². The number of thioether (sulfide) groups is 1. The maximum atomic E-state index is 13.2. The van der Waals surface area contributed by atoms with Crippen molar-refractivity contribution in [2.75, 3.05) is 4.90 Å². The van der Waals surface area contributed by atoms with E-state index in [0.29, 0.717) is 5.02 Å². The largest absolute Gasteiger partial charge is 0.274 e. The molecule has 1 saturated heterocycles. The zero-order valence-corrected chi connectivity index (χ0v) is 19.7. The Labute approximate surface area is 182 Å². The van der Waals surface area contributed by atoms with E-state index < -0.39 is 5.25 Å². The van der Waals surface area contributed by atoms with Crippen LogP contribution >= 0.6 is 23.4 Å². The fourth-order valence-electron chi connectivity index (χ4n) is 3.71. The Bertz CT molecular complexity index is 984. The Balaban J connectivity index is 1.93. The minimum atomic E-state index is -0.414. The summed E-state index contributed by atoms with van der Waals surface area (Å²) < 4.78 is 0. The predicted octanol–water partition coefficient (Wildman–Crippen LogP) is 6.30. The summed E-state index contributed by atoms with van der Waals surface area (Å²) in [4.78, 5) is 28.5. The van der Waals surface area contributed by atoms with Crippen molar-refractivity contribution in [1.82, 2.24) is 0 Å². The van der Waals surface area contributed by atoms with Crippen LogP contribution in [0.1, 0.15) is 55.0 Å². The number of nitrogens with zero attached hydrogens (tertiary/aromatic N) is 1. The Kier molecular flexibility index (Phi) is 5.90. The zero-order chi connectivity index (χ0) is 21.7. The van der Waals surface area contributed by atoms with Gasteiger partial charge >= 0.3 is 0 Å². The average molecular weight is 430 g/mol. The molecule has 2 amide bonds. The van der Waals surface area contributed by atoms with Crippen molar-refractivity contribution in [3.63, 3.8) is 0 Å². The fourth-order valence-corrected chi connectivity index (χ4v) is 5.15. The average Bonchev–Trinajstić information content (AvgIpc) is 2.86. The monoisotopic (exact) mass is 429 g/mol. The maximum absolute atomic E-state index is 13.2. The van der Waals surface area contributed by atoms with E-state index in [4.69, 9.17) is 11.6 Å². The SMILES string of the molecule is Cc1cc(SC2CC(=O)N(c3c(C)cc(C(C)(C)C)cc3C)C2=O)c(C)cc1Cl. The molecular formula is C24H28ClNO2S. The molecule has 0 aliphatic carbocycles. The summed E-state index contributed by atoms with van der Waals surface area (Å²) in [5.74, 6) is -0.271. The van der Waals surface area contributed by atoms with Crippen LogP contribution in [-0.2, 0) is 15.0 Å². The van der Waals surface area contributed by atoms with E-state index in [2.05, 4.69) is 32.9 Å². The van der Waals surface area contributed by atoms with Gasteiger partial charge in [-0.1, -0.05) is 44.5 Å². The molecule has 3 nitrogen and oxygen atoms in total. The summed E-state index contributed by atoms with van der Waals surface area (Å²) in [5, 5.41) is 0.301. The Morgan fingerprint density at radius 3 is 2.07 bits per heavy atom. The van der Waals surface area contributed by atoms with Gasteiger partial charge in [0.25, 0.3) is 0 Å². The smallest absolute Gasteiger partial charge is 0.247 e. The van der Waals surface area contributed by atoms with Crippen molar-refractivity contribution in [3.05, 3.63) is 57.1 Å². The van der Waals surface area contributed by atoms with Crippen molar-refractivity contribution in [3.8, 4) is 0 Å². The van der Waals surface area contributed by atoms with Gasteiger partial charge in [0.2, 0.25) is 11.8 Å². The molecule has 1 aliphatic heterocycles. The lowest BCUT2D eigenvalue weighted by Gasteiger charge is -2.25. The van der Waals surface area contributed by atoms with Crippen LogP contribution in [0.3, 0.4) is 0 Å². The zero-order valence-electron chi connectivity index (χ0n) is 18.1. The van der Waals surface area contributed by atoms with Gasteiger partial charge in [0.05, 0.1) is 10.9 Å². The van der Waals surface area contributed by atoms with Crippen LogP contribution in [0.4, 0.5) is 5.69 Å². The second kappa shape index (κ2) is 7.81. The molecular weight excluding hydrogens is 402 g/mol. The van der Waals surface area contributed by atoms with E-state index in [-0.39, 0.29) is 23.7 Å². The van der Waals surface area contributed by atoms with Gasteiger partial charge in [0.1, 0.15) is 0 Å². The van der Waals surface area contributed by atoms with Crippen LogP contribution in [0.5, 0.6) is 0 Å². The van der Waals surface area contributed by atoms with Crippen molar-refractivity contribution < 1.29 is 9.59 Å². The topological polar surface area (TPSA) is 37.4 Å². The first-order valence-electron chi connectivity index (χ1n) is 9.82. The van der Waals surface area contributed by atoms with Crippen LogP contribution in [0.2, 0.25) is 5.02 Å². The summed E-state index contributed by atoms with van der Waals surface area (Å²) in [6.45, 7) is 14.4. The molecule has 5 heteroatoms. The molecule has 0 bridgehead atoms. The van der Waals surface area contributed by atoms with Gasteiger partial charge in [0, 0.05) is 16.3 Å². The van der Waals surface area contributed by atoms with E-state index in [1.807, 2.05) is 39.8 Å². The molecule has 154 valence electrons. The van der Waals surface area contributed by atoms with Gasteiger partial charge in [-0.15, -0.1) is 11.8 Å². The minimum absolute atomic E-state index is 0.00936. The highest BCUT2D eigenvalue weighted by atomic mass is 35.5. The second-order valence-corrected chi connectivity index (χ2v) is 10.6. The Morgan fingerprint density at radius 2 is 1.52 bits per heavy atom. The molecule has 0 N–H and O–H groups in total. The number of hydrogen-bond donors (Lipinski definition) is 0. The fraction of sp³-hybridized carbons (Fsp3) is 0.417. The van der Waals surface area contributed by atoms with Gasteiger partial charge in [0.15, 0.2) is 0 Å². The van der Waals surface area contributed by atoms with E-state index in [1.165, 1.54) is 22.2 Å². The Hall–Kier alpha value is -1.78. The molecule has 0 saturated carbocycles. The first-order chi connectivity index (χ1) is 13.4. The van der Waals surface area contributed by atoms with Crippen molar-refractivity contribution in [1.29, 1.82) is 0 Å². The number of carbonyl (C=O) groups is 2. The summed E-state index contributed by atoms with van der Waals surface area (Å²) in [6, 6.07) is 8.10. The number of rotatable bonds is 3. The number of benzene rings is 2. The lowest BCUT2D eigenvalue weighted by Crippen LogP contribution is -2.32. The van der Waals surface area contributed by atoms with Crippen molar-refractivity contribution in [2.45, 2.75) is 70.4 Å². The summed E-state index contributed by atoms with van der Waals surface area (Å²) >= 11 is 7.66. The first-order valence-corrected chi connectivity index (χ1v) is 11.1. The summed E-state index contributed by atoms with van der Waals surface area (Å²) in [5.41, 5.74) is 5.86. The summed E-state index contributed by atoms with van der Waals surface area (Å²) in [7, 11) is 0. The Morgan fingerprint density at radius 1 is 0.931 bits per heavy atom. The number of aryl methyl sites for hydroxylation is 4. The highest BCUT2D eigenvalue weighted by Crippen LogP contribution is 2.39. The number of carbonyl (C=O) groups excluding carboxylic acids is 2. The molecule has 0 aromatic heterocycles. The van der Waals surface area contributed by atoms with Crippen LogP contribution in [0.25, 0.3) is 0 Å². The normalized spacial score (nSPS) is 17.4. The number of imide groups is 1. The van der Waals surface area contributed by atoms with Gasteiger partial charge < -0.3 is 0 Å². The lowest BCUT2D eigenvalue weighted by molar-refractivity contribution is -0.121. The number of halogens is 1. The standard InChI is InChI=1S/C24H28ClNO2S/c1-13-11-19(14(2)10-18(13)25)29-20-12-21(27)26(23(20)28)22-15(3)8-17(9-16(22)4)24(5,6)7/h8-11,20H,12H2,1-7H3. The van der Waals surface area contributed by atoms with Crippen LogP contribution in [-0.4, -0.2) is 17.1 Å². The molecule has 0 radical (unpaired) electrons. The van der Waals surface area contributed by atoms with Gasteiger partial charge in [-0.2, -0.15) is 0 Å². The maximum Gasteiger partial charge on any atom is 0.247 e. The van der Waals surface area contributed by atoms with Crippen molar-refractivity contribution in [2.24, 2.45) is 0 Å². The molecule has 1 aliphatic rings. The molecule has 1 unspecified atom stereocenters. The molecule has 1 heterocycles. The molecule has 1 fully saturated rings. The highest BCUT2D eigenvalue weighted by Gasteiger charge is 2.41.